The lowest BCUT2D eigenvalue weighted by Crippen LogP contribution is -2.20. The lowest BCUT2D eigenvalue weighted by atomic mass is 9.84. The van der Waals surface area contributed by atoms with Gasteiger partial charge in [0, 0.05) is 12.3 Å². The van der Waals surface area contributed by atoms with Crippen molar-refractivity contribution in [2.45, 2.75) is 44.9 Å². The summed E-state index contributed by atoms with van der Waals surface area (Å²) in [5.74, 6) is 2.64. The molecule has 2 aliphatic rings. The van der Waals surface area contributed by atoms with Gasteiger partial charge >= 0.3 is 0 Å². The van der Waals surface area contributed by atoms with Crippen molar-refractivity contribution in [3.05, 3.63) is 12.7 Å². The highest BCUT2D eigenvalue weighted by Gasteiger charge is 2.42. The SMILES string of the molecule is C=CCCCC(=O)C1CC2CCC1C2. The minimum atomic E-state index is 0.443. The van der Waals surface area contributed by atoms with Crippen LogP contribution in [0, 0.1) is 17.8 Å². The van der Waals surface area contributed by atoms with E-state index in [0.717, 1.165) is 31.1 Å². The molecule has 0 N–H and O–H groups in total. The Morgan fingerprint density at radius 3 is 2.79 bits per heavy atom. The van der Waals surface area contributed by atoms with Crippen LogP contribution in [-0.4, -0.2) is 5.78 Å². The van der Waals surface area contributed by atoms with E-state index in [2.05, 4.69) is 6.58 Å². The fourth-order valence-electron chi connectivity index (χ4n) is 3.25. The van der Waals surface area contributed by atoms with Gasteiger partial charge in [-0.1, -0.05) is 12.5 Å². The van der Waals surface area contributed by atoms with Gasteiger partial charge in [0.1, 0.15) is 5.78 Å². The van der Waals surface area contributed by atoms with Crippen LogP contribution in [0.25, 0.3) is 0 Å². The number of carbonyl (C=O) groups excluding carboxylic acids is 1. The molecule has 78 valence electrons. The van der Waals surface area contributed by atoms with E-state index in [1.54, 1.807) is 0 Å². The zero-order valence-electron chi connectivity index (χ0n) is 8.87. The number of allylic oxidation sites excluding steroid dienone is 1. The van der Waals surface area contributed by atoms with E-state index in [4.69, 9.17) is 0 Å². The third-order valence-electron chi connectivity index (χ3n) is 3.98. The first-order chi connectivity index (χ1) is 6.81. The Kier molecular flexibility index (Phi) is 3.05. The average molecular weight is 192 g/mol. The Hall–Kier alpha value is -0.590. The monoisotopic (exact) mass is 192 g/mol. The molecule has 1 nitrogen and oxygen atoms in total. The summed E-state index contributed by atoms with van der Waals surface area (Å²) in [6, 6.07) is 0. The summed E-state index contributed by atoms with van der Waals surface area (Å²) < 4.78 is 0. The van der Waals surface area contributed by atoms with E-state index in [9.17, 15) is 4.79 Å². The maximum Gasteiger partial charge on any atom is 0.136 e. The summed E-state index contributed by atoms with van der Waals surface area (Å²) in [7, 11) is 0. The highest BCUT2D eigenvalue weighted by molar-refractivity contribution is 5.81. The lowest BCUT2D eigenvalue weighted by Gasteiger charge is -2.19. The molecule has 2 aliphatic carbocycles. The van der Waals surface area contributed by atoms with Crippen molar-refractivity contribution in [3.8, 4) is 0 Å². The largest absolute Gasteiger partial charge is 0.299 e. The first-order valence-electron chi connectivity index (χ1n) is 5.95. The van der Waals surface area contributed by atoms with E-state index >= 15 is 0 Å². The van der Waals surface area contributed by atoms with E-state index in [1.165, 1.54) is 25.7 Å². The molecule has 0 aromatic rings. The summed E-state index contributed by atoms with van der Waals surface area (Å²) in [6.07, 6.45) is 9.97. The number of rotatable bonds is 5. The second-order valence-corrected chi connectivity index (χ2v) is 4.93. The van der Waals surface area contributed by atoms with Crippen molar-refractivity contribution in [2.24, 2.45) is 17.8 Å². The minimum Gasteiger partial charge on any atom is -0.299 e. The molecule has 2 saturated carbocycles. The number of unbranched alkanes of at least 4 members (excludes halogenated alkanes) is 1. The predicted molar refractivity (Wildman–Crippen MR) is 58.0 cm³/mol. The average Bonchev–Trinajstić information content (AvgIpc) is 2.79. The molecule has 0 heterocycles. The Labute approximate surface area is 86.6 Å². The van der Waals surface area contributed by atoms with Crippen LogP contribution in [-0.2, 0) is 4.79 Å². The first-order valence-corrected chi connectivity index (χ1v) is 5.95. The van der Waals surface area contributed by atoms with E-state index in [0.29, 0.717) is 11.7 Å². The third kappa shape index (κ3) is 1.92. The zero-order chi connectivity index (χ0) is 9.97. The van der Waals surface area contributed by atoms with Crippen LogP contribution in [0.4, 0.5) is 0 Å². The van der Waals surface area contributed by atoms with Crippen LogP contribution in [0.15, 0.2) is 12.7 Å². The molecule has 2 bridgehead atoms. The van der Waals surface area contributed by atoms with Crippen molar-refractivity contribution < 1.29 is 4.79 Å². The van der Waals surface area contributed by atoms with Crippen LogP contribution in [0.5, 0.6) is 0 Å². The van der Waals surface area contributed by atoms with Gasteiger partial charge in [-0.15, -0.1) is 6.58 Å². The number of carbonyl (C=O) groups is 1. The van der Waals surface area contributed by atoms with Gasteiger partial charge in [0.05, 0.1) is 0 Å². The van der Waals surface area contributed by atoms with Crippen LogP contribution in [0.3, 0.4) is 0 Å². The molecule has 0 aromatic heterocycles. The number of Topliss-reactive ketones (excluding diaryl/α,β-unsaturated/α-hetero) is 1. The van der Waals surface area contributed by atoms with Gasteiger partial charge in [-0.2, -0.15) is 0 Å². The standard InChI is InChI=1S/C13H20O/c1-2-3-4-5-13(14)12-9-10-6-7-11(12)8-10/h2,10-12H,1,3-9H2. The van der Waals surface area contributed by atoms with Gasteiger partial charge in [0.2, 0.25) is 0 Å². The van der Waals surface area contributed by atoms with E-state index in [1.807, 2.05) is 6.08 Å². The summed E-state index contributed by atoms with van der Waals surface area (Å²) >= 11 is 0. The smallest absolute Gasteiger partial charge is 0.136 e. The van der Waals surface area contributed by atoms with Gasteiger partial charge < -0.3 is 0 Å². The van der Waals surface area contributed by atoms with E-state index < -0.39 is 0 Å². The van der Waals surface area contributed by atoms with Gasteiger partial charge in [0.25, 0.3) is 0 Å². The quantitative estimate of drug-likeness (QED) is 0.482. The van der Waals surface area contributed by atoms with Crippen LogP contribution < -0.4 is 0 Å². The maximum absolute atomic E-state index is 11.9. The molecular weight excluding hydrogens is 172 g/mol. The molecule has 2 fully saturated rings. The molecule has 2 rings (SSSR count). The van der Waals surface area contributed by atoms with E-state index in [-0.39, 0.29) is 0 Å². The minimum absolute atomic E-state index is 0.443. The molecule has 0 amide bonds. The zero-order valence-corrected chi connectivity index (χ0v) is 8.87. The number of ketones is 1. The summed E-state index contributed by atoms with van der Waals surface area (Å²) in [4.78, 5) is 11.9. The highest BCUT2D eigenvalue weighted by Crippen LogP contribution is 2.48. The Morgan fingerprint density at radius 2 is 2.21 bits per heavy atom. The first kappa shape index (κ1) is 9.95. The molecule has 14 heavy (non-hydrogen) atoms. The van der Waals surface area contributed by atoms with Crippen molar-refractivity contribution in [3.63, 3.8) is 0 Å². The normalized spacial score (nSPS) is 34.7. The van der Waals surface area contributed by atoms with Crippen LogP contribution >= 0.6 is 0 Å². The fourth-order valence-corrected chi connectivity index (χ4v) is 3.25. The predicted octanol–water partition coefficient (Wildman–Crippen LogP) is 3.35. The van der Waals surface area contributed by atoms with Crippen LogP contribution in [0.1, 0.15) is 44.9 Å². The van der Waals surface area contributed by atoms with Crippen molar-refractivity contribution in [1.29, 1.82) is 0 Å². The Balaban J connectivity index is 1.78. The third-order valence-corrected chi connectivity index (χ3v) is 3.98. The number of hydrogen-bond donors (Lipinski definition) is 0. The second-order valence-electron chi connectivity index (χ2n) is 4.93. The molecule has 3 unspecified atom stereocenters. The molecule has 0 radical (unpaired) electrons. The molecule has 1 heteroatoms. The molecule has 3 atom stereocenters. The van der Waals surface area contributed by atoms with Gasteiger partial charge in [-0.25, -0.2) is 0 Å². The summed E-state index contributed by atoms with van der Waals surface area (Å²) in [6.45, 7) is 3.68. The number of hydrogen-bond acceptors (Lipinski definition) is 1. The molecule has 0 saturated heterocycles. The van der Waals surface area contributed by atoms with Gasteiger partial charge in [-0.3, -0.25) is 4.79 Å². The molecular formula is C13H20O. The van der Waals surface area contributed by atoms with Crippen molar-refractivity contribution in [1.82, 2.24) is 0 Å². The Bertz CT molecular complexity index is 231. The summed E-state index contributed by atoms with van der Waals surface area (Å²) in [5.41, 5.74) is 0. The summed E-state index contributed by atoms with van der Waals surface area (Å²) in [5, 5.41) is 0. The molecule has 0 spiro atoms. The maximum atomic E-state index is 11.9. The molecule has 0 aromatic carbocycles. The second kappa shape index (κ2) is 4.29. The topological polar surface area (TPSA) is 17.1 Å². The Morgan fingerprint density at radius 1 is 1.36 bits per heavy atom. The fraction of sp³-hybridized carbons (Fsp3) is 0.769. The van der Waals surface area contributed by atoms with Crippen LogP contribution in [0.2, 0.25) is 0 Å². The van der Waals surface area contributed by atoms with Crippen molar-refractivity contribution >= 4 is 5.78 Å². The number of fused-ring (bicyclic) bond motifs is 2. The lowest BCUT2D eigenvalue weighted by molar-refractivity contribution is -0.124. The van der Waals surface area contributed by atoms with Crippen molar-refractivity contribution in [2.75, 3.05) is 0 Å². The van der Waals surface area contributed by atoms with Gasteiger partial charge in [0.15, 0.2) is 0 Å². The molecule has 0 aliphatic heterocycles. The highest BCUT2D eigenvalue weighted by atomic mass is 16.1. The van der Waals surface area contributed by atoms with Gasteiger partial charge in [-0.05, 0) is 43.9 Å².